The van der Waals surface area contributed by atoms with Gasteiger partial charge in [0.1, 0.15) is 0 Å². The summed E-state index contributed by atoms with van der Waals surface area (Å²) in [5, 5.41) is 7.97. The first-order valence-corrected chi connectivity index (χ1v) is 8.29. The van der Waals surface area contributed by atoms with Crippen LogP contribution in [-0.4, -0.2) is 47.5 Å². The first kappa shape index (κ1) is 16.2. The SMILES string of the molecule is Cc1ccccc1[C@H](CN1CCOCC1)NCc1cnn(C)c1. The quantitative estimate of drug-likeness (QED) is 0.884. The molecule has 2 aromatic rings. The van der Waals surface area contributed by atoms with Crippen LogP contribution in [0.15, 0.2) is 36.7 Å². The minimum absolute atomic E-state index is 0.314. The molecule has 1 aliphatic rings. The molecule has 0 aliphatic carbocycles. The molecule has 1 aromatic carbocycles. The molecule has 1 fully saturated rings. The van der Waals surface area contributed by atoms with Gasteiger partial charge in [-0.25, -0.2) is 0 Å². The summed E-state index contributed by atoms with van der Waals surface area (Å²) in [5.74, 6) is 0. The van der Waals surface area contributed by atoms with Crippen molar-refractivity contribution < 1.29 is 4.74 Å². The molecule has 2 heterocycles. The molecular weight excluding hydrogens is 288 g/mol. The van der Waals surface area contributed by atoms with Gasteiger partial charge in [0.25, 0.3) is 0 Å². The molecule has 0 saturated carbocycles. The van der Waals surface area contributed by atoms with Gasteiger partial charge in [0.2, 0.25) is 0 Å². The highest BCUT2D eigenvalue weighted by Gasteiger charge is 2.19. The highest BCUT2D eigenvalue weighted by Crippen LogP contribution is 2.20. The van der Waals surface area contributed by atoms with E-state index in [0.29, 0.717) is 6.04 Å². The van der Waals surface area contributed by atoms with E-state index in [9.17, 15) is 0 Å². The third kappa shape index (κ3) is 4.41. The number of nitrogens with one attached hydrogen (secondary N) is 1. The predicted molar refractivity (Wildman–Crippen MR) is 91.2 cm³/mol. The maximum absolute atomic E-state index is 5.47. The van der Waals surface area contributed by atoms with Crippen molar-refractivity contribution in [2.45, 2.75) is 19.5 Å². The molecular formula is C18H26N4O. The number of ether oxygens (including phenoxy) is 1. The number of nitrogens with zero attached hydrogens (tertiary/aromatic N) is 3. The normalized spacial score (nSPS) is 17.3. The highest BCUT2D eigenvalue weighted by atomic mass is 16.5. The summed E-state index contributed by atoms with van der Waals surface area (Å²) >= 11 is 0. The Morgan fingerprint density at radius 1 is 1.26 bits per heavy atom. The van der Waals surface area contributed by atoms with Gasteiger partial charge in [-0.1, -0.05) is 24.3 Å². The molecule has 1 aliphatic heterocycles. The van der Waals surface area contributed by atoms with Gasteiger partial charge in [0.15, 0.2) is 0 Å². The van der Waals surface area contributed by atoms with Crippen molar-refractivity contribution in [3.63, 3.8) is 0 Å². The first-order chi connectivity index (χ1) is 11.2. The Labute approximate surface area is 138 Å². The van der Waals surface area contributed by atoms with Crippen LogP contribution < -0.4 is 5.32 Å². The lowest BCUT2D eigenvalue weighted by Crippen LogP contribution is -2.41. The molecule has 5 heteroatoms. The Hall–Kier alpha value is -1.69. The monoisotopic (exact) mass is 314 g/mol. The second kappa shape index (κ2) is 7.73. The van der Waals surface area contributed by atoms with E-state index in [0.717, 1.165) is 39.4 Å². The summed E-state index contributed by atoms with van der Waals surface area (Å²) in [4.78, 5) is 2.48. The zero-order valence-corrected chi connectivity index (χ0v) is 14.0. The summed E-state index contributed by atoms with van der Waals surface area (Å²) in [6, 6.07) is 8.96. The average molecular weight is 314 g/mol. The van der Waals surface area contributed by atoms with Gasteiger partial charge in [-0.15, -0.1) is 0 Å². The zero-order valence-electron chi connectivity index (χ0n) is 14.0. The molecule has 0 spiro atoms. The van der Waals surface area contributed by atoms with Gasteiger partial charge < -0.3 is 10.1 Å². The Balaban J connectivity index is 1.71. The van der Waals surface area contributed by atoms with Crippen molar-refractivity contribution in [2.75, 3.05) is 32.8 Å². The van der Waals surface area contributed by atoms with Crippen molar-refractivity contribution in [3.8, 4) is 0 Å². The van der Waals surface area contributed by atoms with Crippen molar-refractivity contribution in [1.82, 2.24) is 20.0 Å². The minimum Gasteiger partial charge on any atom is -0.379 e. The average Bonchev–Trinajstić information content (AvgIpc) is 2.98. The number of hydrogen-bond donors (Lipinski definition) is 1. The second-order valence-electron chi connectivity index (χ2n) is 6.23. The lowest BCUT2D eigenvalue weighted by Gasteiger charge is -2.31. The third-order valence-corrected chi connectivity index (χ3v) is 4.42. The lowest BCUT2D eigenvalue weighted by atomic mass is 10.0. The molecule has 1 saturated heterocycles. The van der Waals surface area contributed by atoms with E-state index in [4.69, 9.17) is 4.74 Å². The van der Waals surface area contributed by atoms with Crippen LogP contribution in [0.2, 0.25) is 0 Å². The highest BCUT2D eigenvalue weighted by molar-refractivity contribution is 5.29. The maximum Gasteiger partial charge on any atom is 0.0594 e. The smallest absolute Gasteiger partial charge is 0.0594 e. The molecule has 1 N–H and O–H groups in total. The van der Waals surface area contributed by atoms with Crippen LogP contribution >= 0.6 is 0 Å². The maximum atomic E-state index is 5.47. The summed E-state index contributed by atoms with van der Waals surface area (Å²) in [6.45, 7) is 7.72. The van der Waals surface area contributed by atoms with Gasteiger partial charge in [0, 0.05) is 51.0 Å². The molecule has 3 rings (SSSR count). The molecule has 124 valence electrons. The topological polar surface area (TPSA) is 42.3 Å². The number of aromatic nitrogens is 2. The van der Waals surface area contributed by atoms with E-state index in [1.54, 1.807) is 0 Å². The van der Waals surface area contributed by atoms with Crippen LogP contribution in [0.25, 0.3) is 0 Å². The molecule has 23 heavy (non-hydrogen) atoms. The minimum atomic E-state index is 0.314. The Kier molecular flexibility index (Phi) is 5.43. The van der Waals surface area contributed by atoms with E-state index in [1.807, 2.05) is 17.9 Å². The van der Waals surface area contributed by atoms with Crippen LogP contribution in [-0.2, 0) is 18.3 Å². The standard InChI is InChI=1S/C18H26N4O/c1-15-5-3-4-6-17(15)18(14-22-7-9-23-10-8-22)19-11-16-12-20-21(2)13-16/h3-6,12-13,18-19H,7-11,14H2,1-2H3/t18-/m0/s1. The molecule has 0 unspecified atom stereocenters. The molecule has 1 aromatic heterocycles. The Morgan fingerprint density at radius 3 is 2.74 bits per heavy atom. The fraction of sp³-hybridized carbons (Fsp3) is 0.500. The van der Waals surface area contributed by atoms with Crippen molar-refractivity contribution >= 4 is 0 Å². The van der Waals surface area contributed by atoms with Gasteiger partial charge in [-0.3, -0.25) is 9.58 Å². The third-order valence-electron chi connectivity index (χ3n) is 4.42. The van der Waals surface area contributed by atoms with E-state index in [2.05, 4.69) is 52.7 Å². The second-order valence-corrected chi connectivity index (χ2v) is 6.23. The van der Waals surface area contributed by atoms with Gasteiger partial charge >= 0.3 is 0 Å². The first-order valence-electron chi connectivity index (χ1n) is 8.29. The van der Waals surface area contributed by atoms with Crippen molar-refractivity contribution in [1.29, 1.82) is 0 Å². The van der Waals surface area contributed by atoms with Gasteiger partial charge in [-0.05, 0) is 18.1 Å². The van der Waals surface area contributed by atoms with Crippen molar-refractivity contribution in [2.24, 2.45) is 7.05 Å². The molecule has 0 radical (unpaired) electrons. The van der Waals surface area contributed by atoms with Gasteiger partial charge in [-0.2, -0.15) is 5.10 Å². The van der Waals surface area contributed by atoms with E-state index in [-0.39, 0.29) is 0 Å². The fourth-order valence-electron chi connectivity index (χ4n) is 3.10. The van der Waals surface area contributed by atoms with E-state index in [1.165, 1.54) is 16.7 Å². The molecule has 5 nitrogen and oxygen atoms in total. The summed E-state index contributed by atoms with van der Waals surface area (Å²) in [5.41, 5.74) is 3.93. The summed E-state index contributed by atoms with van der Waals surface area (Å²) in [6.07, 6.45) is 3.99. The van der Waals surface area contributed by atoms with Crippen LogP contribution in [0.5, 0.6) is 0 Å². The Morgan fingerprint density at radius 2 is 2.04 bits per heavy atom. The molecule has 1 atom stereocenters. The van der Waals surface area contributed by atoms with E-state index >= 15 is 0 Å². The summed E-state index contributed by atoms with van der Waals surface area (Å²) in [7, 11) is 1.95. The lowest BCUT2D eigenvalue weighted by molar-refractivity contribution is 0.0333. The number of aryl methyl sites for hydroxylation is 2. The molecule has 0 bridgehead atoms. The van der Waals surface area contributed by atoms with E-state index < -0.39 is 0 Å². The Bertz CT molecular complexity index is 619. The fourth-order valence-corrected chi connectivity index (χ4v) is 3.10. The summed E-state index contributed by atoms with van der Waals surface area (Å²) < 4.78 is 7.32. The van der Waals surface area contributed by atoms with Crippen LogP contribution in [0.1, 0.15) is 22.7 Å². The predicted octanol–water partition coefficient (Wildman–Crippen LogP) is 1.89. The van der Waals surface area contributed by atoms with Crippen LogP contribution in [0, 0.1) is 6.92 Å². The number of rotatable bonds is 6. The number of hydrogen-bond acceptors (Lipinski definition) is 4. The van der Waals surface area contributed by atoms with Crippen molar-refractivity contribution in [3.05, 3.63) is 53.3 Å². The largest absolute Gasteiger partial charge is 0.379 e. The van der Waals surface area contributed by atoms with Crippen LogP contribution in [0.3, 0.4) is 0 Å². The van der Waals surface area contributed by atoms with Gasteiger partial charge in [0.05, 0.1) is 19.4 Å². The zero-order chi connectivity index (χ0) is 16.1. The van der Waals surface area contributed by atoms with Crippen LogP contribution in [0.4, 0.5) is 0 Å². The number of morpholine rings is 1. The molecule has 0 amide bonds. The number of benzene rings is 1.